The fourth-order valence-electron chi connectivity index (χ4n) is 3.67. The number of hydrogen-bond acceptors (Lipinski definition) is 6. The zero-order valence-corrected chi connectivity index (χ0v) is 22.8. The molecule has 0 saturated heterocycles. The van der Waals surface area contributed by atoms with Crippen molar-refractivity contribution in [1.82, 2.24) is 20.2 Å². The summed E-state index contributed by atoms with van der Waals surface area (Å²) < 4.78 is 1.89. The summed E-state index contributed by atoms with van der Waals surface area (Å²) in [6, 6.07) is 22.8. The maximum absolute atomic E-state index is 12.5. The number of nitrogens with zero attached hydrogens (tertiary/aromatic N) is 5. The Hall–Kier alpha value is -3.33. The topological polar surface area (TPSA) is 75.4 Å². The number of hydrazone groups is 1. The molecule has 190 valence electrons. The number of anilines is 1. The Balaban J connectivity index is 1.44. The number of thioether (sulfide) groups is 1. The number of hydrogen-bond donors (Lipinski definition) is 1. The van der Waals surface area contributed by atoms with Gasteiger partial charge in [0.1, 0.15) is 0 Å². The number of amides is 1. The molecule has 0 radical (unpaired) electrons. The van der Waals surface area contributed by atoms with Crippen molar-refractivity contribution < 1.29 is 4.79 Å². The van der Waals surface area contributed by atoms with Crippen LogP contribution in [-0.2, 0) is 4.79 Å². The van der Waals surface area contributed by atoms with Gasteiger partial charge in [-0.25, -0.2) is 5.43 Å². The summed E-state index contributed by atoms with van der Waals surface area (Å²) in [5, 5.41) is 14.6. The first-order valence-corrected chi connectivity index (χ1v) is 13.5. The van der Waals surface area contributed by atoms with Crippen molar-refractivity contribution in [3.05, 3.63) is 88.4 Å². The number of carbonyl (C=O) groups is 1. The van der Waals surface area contributed by atoms with E-state index in [1.54, 1.807) is 30.5 Å². The number of halogens is 2. The molecule has 0 fully saturated rings. The second-order valence-corrected chi connectivity index (χ2v) is 9.79. The molecular formula is C27H26Cl2N6OS. The van der Waals surface area contributed by atoms with Crippen molar-refractivity contribution >= 4 is 52.8 Å². The molecule has 1 N–H and O–H groups in total. The lowest BCUT2D eigenvalue weighted by molar-refractivity contribution is -0.118. The largest absolute Gasteiger partial charge is 0.372 e. The van der Waals surface area contributed by atoms with Crippen LogP contribution < -0.4 is 10.3 Å². The minimum absolute atomic E-state index is 0.116. The lowest BCUT2D eigenvalue weighted by atomic mass is 10.2. The summed E-state index contributed by atoms with van der Waals surface area (Å²) >= 11 is 13.4. The van der Waals surface area contributed by atoms with Crippen molar-refractivity contribution in [2.24, 2.45) is 5.10 Å². The number of benzene rings is 3. The predicted octanol–water partition coefficient (Wildman–Crippen LogP) is 6.33. The van der Waals surface area contributed by atoms with Crippen LogP contribution in [0.25, 0.3) is 17.1 Å². The number of carbonyl (C=O) groups excluding carboxylic acids is 1. The Morgan fingerprint density at radius 2 is 1.57 bits per heavy atom. The molecule has 10 heteroatoms. The van der Waals surface area contributed by atoms with Crippen LogP contribution in [0.3, 0.4) is 0 Å². The highest BCUT2D eigenvalue weighted by atomic mass is 35.5. The van der Waals surface area contributed by atoms with Crippen LogP contribution in [0.15, 0.2) is 83.1 Å². The number of nitrogens with one attached hydrogen (secondary N) is 1. The maximum atomic E-state index is 12.5. The summed E-state index contributed by atoms with van der Waals surface area (Å²) in [6.07, 6.45) is 1.63. The van der Waals surface area contributed by atoms with Crippen LogP contribution in [0, 0.1) is 0 Å². The minimum Gasteiger partial charge on any atom is -0.372 e. The van der Waals surface area contributed by atoms with E-state index < -0.39 is 0 Å². The average molecular weight is 554 g/mol. The van der Waals surface area contributed by atoms with Crippen molar-refractivity contribution in [3.63, 3.8) is 0 Å². The summed E-state index contributed by atoms with van der Waals surface area (Å²) in [4.78, 5) is 14.8. The van der Waals surface area contributed by atoms with E-state index in [1.165, 1.54) is 11.8 Å². The summed E-state index contributed by atoms with van der Waals surface area (Å²) in [6.45, 7) is 6.15. The SMILES string of the molecule is CCN(CC)c1ccc(/C=N\NC(=O)CSc2nnc(-c3ccc(Cl)cc3)n2-c2ccc(Cl)cc2)cc1. The van der Waals surface area contributed by atoms with Gasteiger partial charge < -0.3 is 4.90 Å². The third-order valence-electron chi connectivity index (χ3n) is 5.58. The second kappa shape index (κ2) is 12.8. The first-order valence-electron chi connectivity index (χ1n) is 11.8. The Labute approximate surface area is 230 Å². The summed E-state index contributed by atoms with van der Waals surface area (Å²) in [5.74, 6) is 0.498. The highest BCUT2D eigenvalue weighted by Gasteiger charge is 2.17. The molecule has 1 heterocycles. The Kier molecular flexibility index (Phi) is 9.22. The van der Waals surface area contributed by atoms with Crippen LogP contribution in [0.1, 0.15) is 19.4 Å². The van der Waals surface area contributed by atoms with Crippen LogP contribution in [0.4, 0.5) is 5.69 Å². The molecule has 0 aliphatic heterocycles. The summed E-state index contributed by atoms with van der Waals surface area (Å²) in [5.41, 5.74) is 6.32. The minimum atomic E-state index is -0.250. The van der Waals surface area contributed by atoms with E-state index in [9.17, 15) is 4.79 Å². The Bertz CT molecular complexity index is 1350. The standard InChI is InChI=1S/C27H26Cl2N6OS/c1-3-34(4-2)23-13-5-19(6-14-23)17-30-31-25(36)18-37-27-33-32-26(20-7-9-21(28)10-8-20)35(27)24-15-11-22(29)12-16-24/h5-17H,3-4,18H2,1-2H3,(H,31,36)/b30-17-. The number of rotatable bonds is 10. The fraction of sp³-hybridized carbons (Fsp3) is 0.185. The zero-order chi connectivity index (χ0) is 26.2. The van der Waals surface area contributed by atoms with Crippen LogP contribution in [0.5, 0.6) is 0 Å². The van der Waals surface area contributed by atoms with Crippen molar-refractivity contribution in [2.45, 2.75) is 19.0 Å². The van der Waals surface area contributed by atoms with E-state index in [2.05, 4.69) is 39.5 Å². The fourth-order valence-corrected chi connectivity index (χ4v) is 4.67. The van der Waals surface area contributed by atoms with Crippen molar-refractivity contribution in [2.75, 3.05) is 23.7 Å². The third-order valence-corrected chi connectivity index (χ3v) is 7.01. The first-order chi connectivity index (χ1) is 18.0. The van der Waals surface area contributed by atoms with Gasteiger partial charge in [-0.1, -0.05) is 47.1 Å². The molecule has 0 aliphatic rings. The summed E-state index contributed by atoms with van der Waals surface area (Å²) in [7, 11) is 0. The highest BCUT2D eigenvalue weighted by Crippen LogP contribution is 2.29. The Morgan fingerprint density at radius 1 is 0.946 bits per heavy atom. The van der Waals surface area contributed by atoms with Gasteiger partial charge >= 0.3 is 0 Å². The highest BCUT2D eigenvalue weighted by molar-refractivity contribution is 7.99. The maximum Gasteiger partial charge on any atom is 0.250 e. The molecule has 0 bridgehead atoms. The quantitative estimate of drug-likeness (QED) is 0.141. The van der Waals surface area contributed by atoms with E-state index in [1.807, 2.05) is 53.1 Å². The van der Waals surface area contributed by atoms with E-state index in [0.717, 1.165) is 35.6 Å². The molecule has 7 nitrogen and oxygen atoms in total. The molecule has 37 heavy (non-hydrogen) atoms. The van der Waals surface area contributed by atoms with Crippen LogP contribution in [-0.4, -0.2) is 45.7 Å². The second-order valence-electron chi connectivity index (χ2n) is 7.97. The molecule has 0 atom stereocenters. The van der Waals surface area contributed by atoms with Gasteiger partial charge in [0.05, 0.1) is 12.0 Å². The van der Waals surface area contributed by atoms with E-state index in [4.69, 9.17) is 23.2 Å². The lowest BCUT2D eigenvalue weighted by Gasteiger charge is -2.20. The zero-order valence-electron chi connectivity index (χ0n) is 20.4. The van der Waals surface area contributed by atoms with Crippen molar-refractivity contribution in [1.29, 1.82) is 0 Å². The lowest BCUT2D eigenvalue weighted by Crippen LogP contribution is -2.21. The first kappa shape index (κ1) is 26.7. The van der Waals surface area contributed by atoms with Gasteiger partial charge in [-0.3, -0.25) is 9.36 Å². The van der Waals surface area contributed by atoms with Gasteiger partial charge in [-0.05, 0) is 80.1 Å². The number of aromatic nitrogens is 3. The molecule has 0 saturated carbocycles. The van der Waals surface area contributed by atoms with Crippen molar-refractivity contribution in [3.8, 4) is 17.1 Å². The monoisotopic (exact) mass is 552 g/mol. The molecule has 4 aromatic rings. The van der Waals surface area contributed by atoms with E-state index in [0.29, 0.717) is 21.0 Å². The van der Waals surface area contributed by atoms with Crippen LogP contribution in [0.2, 0.25) is 10.0 Å². The van der Waals surface area contributed by atoms with E-state index in [-0.39, 0.29) is 11.7 Å². The van der Waals surface area contributed by atoms with Gasteiger partial charge in [0.2, 0.25) is 0 Å². The molecule has 0 aliphatic carbocycles. The van der Waals surface area contributed by atoms with Gasteiger partial charge in [0.25, 0.3) is 5.91 Å². The smallest absolute Gasteiger partial charge is 0.250 e. The normalized spacial score (nSPS) is 11.1. The molecule has 4 rings (SSSR count). The van der Waals surface area contributed by atoms with Gasteiger partial charge in [-0.15, -0.1) is 10.2 Å². The predicted molar refractivity (Wildman–Crippen MR) is 153 cm³/mol. The van der Waals surface area contributed by atoms with Gasteiger partial charge in [0.15, 0.2) is 11.0 Å². The van der Waals surface area contributed by atoms with Crippen LogP contribution >= 0.6 is 35.0 Å². The van der Waals surface area contributed by atoms with E-state index >= 15 is 0 Å². The molecular weight excluding hydrogens is 527 g/mol. The van der Waals surface area contributed by atoms with Gasteiger partial charge in [-0.2, -0.15) is 5.10 Å². The molecule has 1 amide bonds. The molecule has 1 aromatic heterocycles. The molecule has 0 unspecified atom stereocenters. The molecule has 0 spiro atoms. The molecule has 3 aromatic carbocycles. The van der Waals surface area contributed by atoms with Gasteiger partial charge in [0, 0.05) is 40.1 Å². The Morgan fingerprint density at radius 3 is 2.19 bits per heavy atom. The average Bonchev–Trinajstić information content (AvgIpc) is 3.34. The third kappa shape index (κ3) is 6.91.